The van der Waals surface area contributed by atoms with E-state index in [1.54, 1.807) is 6.20 Å². The van der Waals surface area contributed by atoms with E-state index in [2.05, 4.69) is 25.4 Å². The standard InChI is InChI=1S/C15H23N5O2/c1-13(21)16-6-7-18-15(22)12-19-8-10-20(11-9-19)14-4-2-3-5-17-14/h2-5H,6-12H2,1H3,(H,16,21)(H,18,22). The zero-order valence-corrected chi connectivity index (χ0v) is 12.9. The van der Waals surface area contributed by atoms with Gasteiger partial charge in [0.15, 0.2) is 0 Å². The summed E-state index contributed by atoms with van der Waals surface area (Å²) in [6.07, 6.45) is 1.80. The molecule has 22 heavy (non-hydrogen) atoms. The van der Waals surface area contributed by atoms with Crippen LogP contribution < -0.4 is 15.5 Å². The molecule has 0 atom stereocenters. The molecule has 2 N–H and O–H groups in total. The molecular formula is C15H23N5O2. The SMILES string of the molecule is CC(=O)NCCNC(=O)CN1CCN(c2ccccn2)CC1. The maximum absolute atomic E-state index is 11.8. The van der Waals surface area contributed by atoms with E-state index in [-0.39, 0.29) is 11.8 Å². The molecule has 1 aliphatic rings. The molecule has 2 rings (SSSR count). The first-order valence-electron chi connectivity index (χ1n) is 7.54. The van der Waals surface area contributed by atoms with Crippen LogP contribution in [0.2, 0.25) is 0 Å². The number of carbonyl (C=O) groups excluding carboxylic acids is 2. The summed E-state index contributed by atoms with van der Waals surface area (Å²) in [6.45, 7) is 6.22. The number of pyridine rings is 1. The number of carbonyl (C=O) groups is 2. The minimum absolute atomic E-state index is 0.00311. The number of piperazine rings is 1. The van der Waals surface area contributed by atoms with Crippen molar-refractivity contribution in [2.45, 2.75) is 6.92 Å². The van der Waals surface area contributed by atoms with Crippen molar-refractivity contribution in [3.8, 4) is 0 Å². The number of nitrogens with zero attached hydrogens (tertiary/aromatic N) is 3. The van der Waals surface area contributed by atoms with E-state index in [0.717, 1.165) is 32.0 Å². The van der Waals surface area contributed by atoms with Crippen molar-refractivity contribution in [2.75, 3.05) is 50.7 Å². The Kier molecular flexibility index (Phi) is 6.14. The normalized spacial score (nSPS) is 15.4. The van der Waals surface area contributed by atoms with Crippen molar-refractivity contribution < 1.29 is 9.59 Å². The zero-order chi connectivity index (χ0) is 15.8. The van der Waals surface area contributed by atoms with Crippen LogP contribution in [0, 0.1) is 0 Å². The Balaban J connectivity index is 1.64. The van der Waals surface area contributed by atoms with Crippen molar-refractivity contribution in [2.24, 2.45) is 0 Å². The number of hydrogen-bond donors (Lipinski definition) is 2. The second-order valence-corrected chi connectivity index (χ2v) is 5.28. The maximum Gasteiger partial charge on any atom is 0.234 e. The van der Waals surface area contributed by atoms with Gasteiger partial charge in [-0.15, -0.1) is 0 Å². The highest BCUT2D eigenvalue weighted by Crippen LogP contribution is 2.11. The van der Waals surface area contributed by atoms with Gasteiger partial charge in [-0.05, 0) is 12.1 Å². The molecule has 1 aliphatic heterocycles. The van der Waals surface area contributed by atoms with Crippen molar-refractivity contribution >= 4 is 17.6 Å². The monoisotopic (exact) mass is 305 g/mol. The summed E-state index contributed by atoms with van der Waals surface area (Å²) in [5.41, 5.74) is 0. The lowest BCUT2D eigenvalue weighted by Gasteiger charge is -2.34. The van der Waals surface area contributed by atoms with Gasteiger partial charge in [-0.3, -0.25) is 14.5 Å². The molecule has 1 fully saturated rings. The van der Waals surface area contributed by atoms with Crippen molar-refractivity contribution in [3.05, 3.63) is 24.4 Å². The fourth-order valence-corrected chi connectivity index (χ4v) is 2.38. The first-order valence-corrected chi connectivity index (χ1v) is 7.54. The van der Waals surface area contributed by atoms with E-state index in [9.17, 15) is 9.59 Å². The molecule has 0 aromatic carbocycles. The largest absolute Gasteiger partial charge is 0.355 e. The van der Waals surface area contributed by atoms with Gasteiger partial charge in [-0.25, -0.2) is 4.98 Å². The minimum atomic E-state index is -0.0834. The molecule has 0 aliphatic carbocycles. The Morgan fingerprint density at radius 3 is 2.50 bits per heavy atom. The fourth-order valence-electron chi connectivity index (χ4n) is 2.38. The number of amides is 2. The van der Waals surface area contributed by atoms with Gasteiger partial charge < -0.3 is 15.5 Å². The summed E-state index contributed by atoms with van der Waals surface area (Å²) < 4.78 is 0. The van der Waals surface area contributed by atoms with Gasteiger partial charge in [0.05, 0.1) is 6.54 Å². The van der Waals surface area contributed by atoms with E-state index < -0.39 is 0 Å². The van der Waals surface area contributed by atoms with E-state index in [1.807, 2.05) is 18.2 Å². The first-order chi connectivity index (χ1) is 10.6. The highest BCUT2D eigenvalue weighted by Gasteiger charge is 2.19. The summed E-state index contributed by atoms with van der Waals surface area (Å²) in [4.78, 5) is 31.2. The Labute approximate surface area is 130 Å². The Morgan fingerprint density at radius 1 is 1.14 bits per heavy atom. The number of nitrogens with one attached hydrogen (secondary N) is 2. The van der Waals surface area contributed by atoms with Crippen molar-refractivity contribution in [1.29, 1.82) is 0 Å². The third kappa shape index (κ3) is 5.33. The van der Waals surface area contributed by atoms with Crippen LogP contribution in [0.4, 0.5) is 5.82 Å². The van der Waals surface area contributed by atoms with Crippen molar-refractivity contribution in [1.82, 2.24) is 20.5 Å². The summed E-state index contributed by atoms with van der Waals surface area (Å²) >= 11 is 0. The van der Waals surface area contributed by atoms with Crippen LogP contribution in [0.15, 0.2) is 24.4 Å². The molecule has 0 unspecified atom stereocenters. The summed E-state index contributed by atoms with van der Waals surface area (Å²) in [7, 11) is 0. The van der Waals surface area contributed by atoms with E-state index in [1.165, 1.54) is 6.92 Å². The predicted octanol–water partition coefficient (Wildman–Crippen LogP) is -0.544. The lowest BCUT2D eigenvalue weighted by molar-refractivity contribution is -0.123. The topological polar surface area (TPSA) is 77.6 Å². The summed E-state index contributed by atoms with van der Waals surface area (Å²) in [6, 6.07) is 5.90. The second kappa shape index (κ2) is 8.33. The lowest BCUT2D eigenvalue weighted by Crippen LogP contribution is -2.50. The van der Waals surface area contributed by atoms with Gasteiger partial charge in [0.25, 0.3) is 0 Å². The van der Waals surface area contributed by atoms with Gasteiger partial charge in [0.1, 0.15) is 5.82 Å². The molecule has 2 amide bonds. The van der Waals surface area contributed by atoms with Gasteiger partial charge in [-0.1, -0.05) is 6.07 Å². The zero-order valence-electron chi connectivity index (χ0n) is 12.9. The average molecular weight is 305 g/mol. The molecule has 7 nitrogen and oxygen atoms in total. The van der Waals surface area contributed by atoms with Crippen LogP contribution in [0.1, 0.15) is 6.92 Å². The molecule has 0 bridgehead atoms. The highest BCUT2D eigenvalue weighted by atomic mass is 16.2. The Bertz CT molecular complexity index is 486. The fraction of sp³-hybridized carbons (Fsp3) is 0.533. The van der Waals surface area contributed by atoms with E-state index >= 15 is 0 Å². The van der Waals surface area contributed by atoms with Gasteiger partial charge in [-0.2, -0.15) is 0 Å². The van der Waals surface area contributed by atoms with Gasteiger partial charge in [0.2, 0.25) is 11.8 Å². The quantitative estimate of drug-likeness (QED) is 0.690. The van der Waals surface area contributed by atoms with Crippen LogP contribution in [0.3, 0.4) is 0 Å². The second-order valence-electron chi connectivity index (χ2n) is 5.28. The Hall–Kier alpha value is -2.15. The maximum atomic E-state index is 11.8. The van der Waals surface area contributed by atoms with Gasteiger partial charge >= 0.3 is 0 Å². The third-order valence-electron chi connectivity index (χ3n) is 3.53. The molecule has 0 saturated carbocycles. The number of hydrogen-bond acceptors (Lipinski definition) is 5. The predicted molar refractivity (Wildman–Crippen MR) is 84.6 cm³/mol. The molecule has 1 aromatic rings. The molecule has 2 heterocycles. The number of rotatable bonds is 6. The summed E-state index contributed by atoms with van der Waals surface area (Å²) in [5, 5.41) is 5.45. The van der Waals surface area contributed by atoms with Crippen molar-refractivity contribution in [3.63, 3.8) is 0 Å². The van der Waals surface area contributed by atoms with Crippen LogP contribution in [-0.2, 0) is 9.59 Å². The minimum Gasteiger partial charge on any atom is -0.355 e. The molecular weight excluding hydrogens is 282 g/mol. The molecule has 1 saturated heterocycles. The van der Waals surface area contributed by atoms with E-state index in [4.69, 9.17) is 0 Å². The molecule has 1 aromatic heterocycles. The molecule has 0 radical (unpaired) electrons. The number of anilines is 1. The lowest BCUT2D eigenvalue weighted by atomic mass is 10.3. The van der Waals surface area contributed by atoms with Crippen LogP contribution in [0.5, 0.6) is 0 Å². The number of aromatic nitrogens is 1. The summed E-state index contributed by atoms with van der Waals surface area (Å²) in [5.74, 6) is 0.901. The molecule has 0 spiro atoms. The third-order valence-corrected chi connectivity index (χ3v) is 3.53. The van der Waals surface area contributed by atoms with Crippen LogP contribution in [0.25, 0.3) is 0 Å². The Morgan fingerprint density at radius 2 is 1.86 bits per heavy atom. The smallest absolute Gasteiger partial charge is 0.234 e. The van der Waals surface area contributed by atoms with Crippen LogP contribution in [-0.4, -0.2) is 67.5 Å². The molecule has 120 valence electrons. The highest BCUT2D eigenvalue weighted by molar-refractivity contribution is 5.78. The average Bonchev–Trinajstić information content (AvgIpc) is 2.53. The van der Waals surface area contributed by atoms with Crippen LogP contribution >= 0.6 is 0 Å². The van der Waals surface area contributed by atoms with E-state index in [0.29, 0.717) is 19.6 Å². The van der Waals surface area contributed by atoms with Gasteiger partial charge in [0, 0.05) is 52.4 Å². The molecule has 7 heteroatoms. The first kappa shape index (κ1) is 16.2.